The number of fused-ring (bicyclic) bond motifs is 6. The topological polar surface area (TPSA) is 112 Å². The maximum absolute atomic E-state index is 11.5. The van der Waals surface area contributed by atoms with Crippen molar-refractivity contribution in [3.8, 4) is 0 Å². The summed E-state index contributed by atoms with van der Waals surface area (Å²) in [6.07, 6.45) is 9.36. The first-order chi connectivity index (χ1) is 23.1. The largest absolute Gasteiger partial charge is 0.286 e. The number of unbranched alkanes of at least 4 members (excludes halogenated alkanes) is 2. The van der Waals surface area contributed by atoms with Gasteiger partial charge in [0.05, 0.1) is 16.9 Å². The van der Waals surface area contributed by atoms with Crippen LogP contribution >= 0.6 is 0 Å². The lowest BCUT2D eigenvalue weighted by molar-refractivity contribution is -0.438. The van der Waals surface area contributed by atoms with Crippen molar-refractivity contribution in [1.29, 1.82) is 0 Å². The molecule has 1 aliphatic carbocycles. The van der Waals surface area contributed by atoms with Crippen LogP contribution in [0.15, 0.2) is 96.6 Å². The molecular formula is C40H46NO6S2+. The van der Waals surface area contributed by atoms with E-state index in [0.717, 1.165) is 17.8 Å². The predicted octanol–water partition coefficient (Wildman–Crippen LogP) is 8.65. The molecule has 0 bridgehead atoms. The van der Waals surface area contributed by atoms with E-state index in [4.69, 9.17) is 0 Å². The second kappa shape index (κ2) is 13.2. The molecule has 2 N–H and O–H groups in total. The van der Waals surface area contributed by atoms with Crippen molar-refractivity contribution in [2.75, 3.05) is 18.1 Å². The molecule has 1 unspecified atom stereocenters. The number of rotatable bonds is 12. The Bertz CT molecular complexity index is 2250. The van der Waals surface area contributed by atoms with Crippen LogP contribution in [0, 0.1) is 0 Å². The minimum Gasteiger partial charge on any atom is -0.286 e. The van der Waals surface area contributed by atoms with E-state index in [1.165, 1.54) is 43.8 Å². The average molecular weight is 701 g/mol. The van der Waals surface area contributed by atoms with Crippen LogP contribution in [0.2, 0.25) is 0 Å². The number of hydrogen-bond acceptors (Lipinski definition) is 4. The Balaban J connectivity index is 1.41. The molecule has 2 aliphatic rings. The van der Waals surface area contributed by atoms with E-state index in [-0.39, 0.29) is 28.3 Å². The summed E-state index contributed by atoms with van der Waals surface area (Å²) in [6, 6.07) is 25.5. The summed E-state index contributed by atoms with van der Waals surface area (Å²) in [7, 11) is -8.04. The highest BCUT2D eigenvalue weighted by molar-refractivity contribution is 7.86. The van der Waals surface area contributed by atoms with Crippen LogP contribution in [0.1, 0.15) is 82.4 Å². The lowest BCUT2D eigenvalue weighted by Gasteiger charge is -2.25. The van der Waals surface area contributed by atoms with Gasteiger partial charge in [-0.25, -0.2) is 0 Å². The van der Waals surface area contributed by atoms with Crippen molar-refractivity contribution in [2.45, 2.75) is 76.5 Å². The van der Waals surface area contributed by atoms with Crippen molar-refractivity contribution in [1.82, 2.24) is 0 Å². The summed E-state index contributed by atoms with van der Waals surface area (Å²) < 4.78 is 66.8. The predicted molar refractivity (Wildman–Crippen MR) is 200 cm³/mol. The summed E-state index contributed by atoms with van der Waals surface area (Å²) >= 11 is 0. The smallest absolute Gasteiger partial charge is 0.264 e. The number of benzene rings is 4. The molecule has 9 heteroatoms. The van der Waals surface area contributed by atoms with Gasteiger partial charge >= 0.3 is 0 Å². The molecule has 49 heavy (non-hydrogen) atoms. The molecular weight excluding hydrogens is 655 g/mol. The fourth-order valence-electron chi connectivity index (χ4n) is 8.37. The fourth-order valence-corrected chi connectivity index (χ4v) is 9.50. The molecule has 0 saturated carbocycles. The van der Waals surface area contributed by atoms with E-state index < -0.39 is 20.2 Å². The molecule has 7 nitrogen and oxygen atoms in total. The summed E-state index contributed by atoms with van der Waals surface area (Å²) in [5.74, 6) is -0.405. The highest BCUT2D eigenvalue weighted by atomic mass is 32.2. The van der Waals surface area contributed by atoms with E-state index in [0.29, 0.717) is 32.2 Å². The molecule has 0 radical (unpaired) electrons. The zero-order valence-electron chi connectivity index (χ0n) is 28.7. The van der Waals surface area contributed by atoms with Crippen LogP contribution in [0.3, 0.4) is 0 Å². The fraction of sp³-hybridized carbons (Fsp3) is 0.375. The van der Waals surface area contributed by atoms with Gasteiger partial charge in [0, 0.05) is 35.5 Å². The van der Waals surface area contributed by atoms with E-state index in [2.05, 4.69) is 117 Å². The summed E-state index contributed by atoms with van der Waals surface area (Å²) in [6.45, 7) is 9.63. The molecule has 4 aromatic rings. The molecule has 0 fully saturated rings. The SMILES string of the molecule is CC1(C)C(=CC=CC2=[N+](CCCCS(=O)(=O)O)c3ccc4ccccc4c3C2(C)C)C(CCCCS(=O)(=O)O)c2ccc3ccccc3c21. The van der Waals surface area contributed by atoms with Gasteiger partial charge in [0.1, 0.15) is 6.54 Å². The Labute approximate surface area is 290 Å². The third kappa shape index (κ3) is 7.04. The zero-order valence-corrected chi connectivity index (χ0v) is 30.3. The number of nitrogens with zero attached hydrogens (tertiary/aromatic N) is 1. The maximum Gasteiger partial charge on any atom is 0.264 e. The first kappa shape index (κ1) is 35.2. The third-order valence-corrected chi connectivity index (χ3v) is 12.1. The third-order valence-electron chi connectivity index (χ3n) is 10.5. The summed E-state index contributed by atoms with van der Waals surface area (Å²) in [5.41, 5.74) is 6.69. The molecule has 6 rings (SSSR count). The van der Waals surface area contributed by atoms with Crippen LogP contribution in [0.5, 0.6) is 0 Å². The Morgan fingerprint density at radius 2 is 1.27 bits per heavy atom. The summed E-state index contributed by atoms with van der Waals surface area (Å²) in [5, 5.41) is 4.78. The molecule has 1 heterocycles. The van der Waals surface area contributed by atoms with Gasteiger partial charge < -0.3 is 0 Å². The zero-order chi connectivity index (χ0) is 35.2. The highest BCUT2D eigenvalue weighted by Gasteiger charge is 2.46. The Hall–Kier alpha value is -3.63. The van der Waals surface area contributed by atoms with Crippen LogP contribution in [-0.4, -0.2) is 54.3 Å². The highest BCUT2D eigenvalue weighted by Crippen LogP contribution is 2.54. The van der Waals surface area contributed by atoms with Crippen LogP contribution in [-0.2, 0) is 31.1 Å². The van der Waals surface area contributed by atoms with Crippen molar-refractivity contribution in [3.05, 3.63) is 113 Å². The summed E-state index contributed by atoms with van der Waals surface area (Å²) in [4.78, 5) is 0. The van der Waals surface area contributed by atoms with Gasteiger partial charge in [-0.1, -0.05) is 98.7 Å². The van der Waals surface area contributed by atoms with Crippen molar-refractivity contribution < 1.29 is 30.5 Å². The van der Waals surface area contributed by atoms with Gasteiger partial charge in [-0.05, 0) is 71.8 Å². The number of allylic oxidation sites excluding steroid dienone is 4. The quantitative estimate of drug-likeness (QED) is 0.0870. The van der Waals surface area contributed by atoms with Crippen LogP contribution in [0.25, 0.3) is 21.5 Å². The molecule has 1 aliphatic heterocycles. The minimum absolute atomic E-state index is 0.0971. The lowest BCUT2D eigenvalue weighted by Crippen LogP contribution is -2.28. The van der Waals surface area contributed by atoms with E-state index in [9.17, 15) is 25.9 Å². The molecule has 258 valence electrons. The van der Waals surface area contributed by atoms with Gasteiger partial charge in [-0.2, -0.15) is 21.4 Å². The second-order valence-corrected chi connectivity index (χ2v) is 17.7. The van der Waals surface area contributed by atoms with E-state index >= 15 is 0 Å². The van der Waals surface area contributed by atoms with E-state index in [1.54, 1.807) is 0 Å². The Kier molecular flexibility index (Phi) is 9.52. The van der Waals surface area contributed by atoms with Gasteiger partial charge in [0.15, 0.2) is 5.71 Å². The van der Waals surface area contributed by atoms with Crippen molar-refractivity contribution in [3.63, 3.8) is 0 Å². The standard InChI is InChI=1S/C40H45NO6S2/c1-39(2)34(32(18-9-11-26-48(42,43)44)33-23-21-28-14-5-7-16-30(28)37(33)39)19-13-20-36-40(3,4)38-31-17-8-6-15-29(31)22-24-35(38)41(36)25-10-12-27-49(45,46)47/h5-8,13-17,19-24,32H,9-12,18,25-27H2,1-4H3,(H-,42,43,44,45,46,47)/p+1. The second-order valence-electron chi connectivity index (χ2n) is 14.5. The average Bonchev–Trinajstić information content (AvgIpc) is 3.39. The first-order valence-corrected chi connectivity index (χ1v) is 20.3. The van der Waals surface area contributed by atoms with Crippen LogP contribution in [0.4, 0.5) is 5.69 Å². The molecule has 0 spiro atoms. The van der Waals surface area contributed by atoms with Crippen molar-refractivity contribution in [2.24, 2.45) is 0 Å². The van der Waals surface area contributed by atoms with Gasteiger partial charge in [-0.3, -0.25) is 9.11 Å². The monoisotopic (exact) mass is 700 g/mol. The van der Waals surface area contributed by atoms with Crippen molar-refractivity contribution >= 4 is 53.2 Å². The minimum atomic E-state index is -4.03. The lowest BCUT2D eigenvalue weighted by atomic mass is 9.78. The Morgan fingerprint density at radius 3 is 1.90 bits per heavy atom. The molecule has 0 aromatic heterocycles. The first-order valence-electron chi connectivity index (χ1n) is 17.1. The van der Waals surface area contributed by atoms with Gasteiger partial charge in [-0.15, -0.1) is 0 Å². The normalized spacial score (nSPS) is 19.4. The molecule has 1 atom stereocenters. The van der Waals surface area contributed by atoms with Crippen LogP contribution < -0.4 is 0 Å². The maximum atomic E-state index is 11.5. The van der Waals surface area contributed by atoms with Gasteiger partial charge in [0.2, 0.25) is 5.69 Å². The Morgan fingerprint density at radius 1 is 0.694 bits per heavy atom. The van der Waals surface area contributed by atoms with Gasteiger partial charge in [0.25, 0.3) is 20.2 Å². The molecule has 0 saturated heterocycles. The molecule has 4 aromatic carbocycles. The molecule has 0 amide bonds. The van der Waals surface area contributed by atoms with E-state index in [1.807, 2.05) is 6.07 Å². The number of hydrogen-bond donors (Lipinski definition) is 2.